The van der Waals surface area contributed by atoms with Crippen LogP contribution in [0.5, 0.6) is 0 Å². The predicted molar refractivity (Wildman–Crippen MR) is 59.8 cm³/mol. The first-order valence-corrected chi connectivity index (χ1v) is 5.53. The van der Waals surface area contributed by atoms with Crippen LogP contribution < -0.4 is 5.73 Å². The van der Waals surface area contributed by atoms with E-state index in [-0.39, 0.29) is 12.5 Å². The summed E-state index contributed by atoms with van der Waals surface area (Å²) in [5.74, 6) is -3.09. The summed E-state index contributed by atoms with van der Waals surface area (Å²) in [5.41, 5.74) is 4.49. The summed E-state index contributed by atoms with van der Waals surface area (Å²) in [6.45, 7) is 5.40. The maximum atomic E-state index is 12.1. The molecule has 1 aliphatic carbocycles. The van der Waals surface area contributed by atoms with Crippen LogP contribution in [-0.2, 0) is 14.4 Å². The minimum absolute atomic E-state index is 0.158. The Kier molecular flexibility index (Phi) is 3.45. The van der Waals surface area contributed by atoms with E-state index in [9.17, 15) is 14.4 Å². The van der Waals surface area contributed by atoms with Crippen molar-refractivity contribution in [2.24, 2.45) is 23.0 Å². The summed E-state index contributed by atoms with van der Waals surface area (Å²) in [4.78, 5) is 35.1. The van der Waals surface area contributed by atoms with Gasteiger partial charge >= 0.3 is 5.97 Å². The lowest BCUT2D eigenvalue weighted by atomic mass is 10.1. The van der Waals surface area contributed by atoms with Crippen LogP contribution in [0.25, 0.3) is 0 Å². The fraction of sp³-hybridized carbons (Fsp3) is 0.727. The Morgan fingerprint density at radius 1 is 1.29 bits per heavy atom. The number of likely N-dealkylation sites (N-methyl/N-ethyl adjacent to an activating group) is 1. The zero-order chi connectivity index (χ0) is 13.4. The molecular weight excluding hydrogens is 224 g/mol. The molecule has 1 rings (SSSR count). The lowest BCUT2D eigenvalue weighted by molar-refractivity contribution is -0.142. The number of carboxylic acids is 1. The SMILES string of the molecule is CCN(CC(N)=O)C(=O)C1C(C(=O)O)C1(C)C. The van der Waals surface area contributed by atoms with Crippen LogP contribution in [0.1, 0.15) is 20.8 Å². The van der Waals surface area contributed by atoms with E-state index in [0.717, 1.165) is 0 Å². The van der Waals surface area contributed by atoms with Crippen molar-refractivity contribution in [2.45, 2.75) is 20.8 Å². The molecule has 2 atom stereocenters. The van der Waals surface area contributed by atoms with Crippen molar-refractivity contribution in [3.05, 3.63) is 0 Å². The summed E-state index contributed by atoms with van der Waals surface area (Å²) >= 11 is 0. The van der Waals surface area contributed by atoms with Gasteiger partial charge in [-0.3, -0.25) is 14.4 Å². The maximum absolute atomic E-state index is 12.1. The van der Waals surface area contributed by atoms with Gasteiger partial charge < -0.3 is 15.7 Å². The molecule has 0 saturated heterocycles. The molecule has 0 aromatic rings. The average Bonchev–Trinajstić information content (AvgIpc) is 2.76. The highest BCUT2D eigenvalue weighted by Crippen LogP contribution is 2.58. The zero-order valence-electron chi connectivity index (χ0n) is 10.3. The van der Waals surface area contributed by atoms with Crippen molar-refractivity contribution in [1.82, 2.24) is 4.90 Å². The van der Waals surface area contributed by atoms with Gasteiger partial charge in [0.2, 0.25) is 11.8 Å². The number of carbonyl (C=O) groups excluding carboxylic acids is 2. The zero-order valence-corrected chi connectivity index (χ0v) is 10.3. The second kappa shape index (κ2) is 4.35. The Morgan fingerprint density at radius 2 is 1.82 bits per heavy atom. The monoisotopic (exact) mass is 242 g/mol. The summed E-state index contributed by atoms with van der Waals surface area (Å²) < 4.78 is 0. The molecule has 17 heavy (non-hydrogen) atoms. The Balaban J connectivity index is 2.77. The summed E-state index contributed by atoms with van der Waals surface area (Å²) in [6.07, 6.45) is 0. The van der Waals surface area contributed by atoms with Gasteiger partial charge in [-0.05, 0) is 12.3 Å². The Bertz CT molecular complexity index is 364. The number of primary amides is 1. The van der Waals surface area contributed by atoms with Crippen LogP contribution >= 0.6 is 0 Å². The molecule has 96 valence electrons. The van der Waals surface area contributed by atoms with E-state index in [4.69, 9.17) is 10.8 Å². The highest BCUT2D eigenvalue weighted by atomic mass is 16.4. The van der Waals surface area contributed by atoms with Crippen molar-refractivity contribution in [1.29, 1.82) is 0 Å². The van der Waals surface area contributed by atoms with Crippen LogP contribution in [0.2, 0.25) is 0 Å². The van der Waals surface area contributed by atoms with Crippen LogP contribution in [0.15, 0.2) is 0 Å². The first-order chi connectivity index (χ1) is 7.73. The topological polar surface area (TPSA) is 101 Å². The number of rotatable bonds is 5. The number of hydrogen-bond acceptors (Lipinski definition) is 3. The number of carbonyl (C=O) groups is 3. The van der Waals surface area contributed by atoms with Crippen LogP contribution in [0.3, 0.4) is 0 Å². The number of nitrogens with two attached hydrogens (primary N) is 1. The first-order valence-electron chi connectivity index (χ1n) is 5.53. The van der Waals surface area contributed by atoms with E-state index in [1.54, 1.807) is 20.8 Å². The molecule has 0 heterocycles. The smallest absolute Gasteiger partial charge is 0.307 e. The minimum Gasteiger partial charge on any atom is -0.481 e. The standard InChI is InChI=1S/C11H18N2O4/c1-4-13(5-6(12)14)9(15)7-8(10(16)17)11(7,2)3/h7-8H,4-5H2,1-3H3,(H2,12,14)(H,16,17). The summed E-state index contributed by atoms with van der Waals surface area (Å²) in [5, 5.41) is 8.98. The lowest BCUT2D eigenvalue weighted by Crippen LogP contribution is -2.40. The van der Waals surface area contributed by atoms with Crippen molar-refractivity contribution < 1.29 is 19.5 Å². The largest absolute Gasteiger partial charge is 0.481 e. The minimum atomic E-state index is -0.969. The van der Waals surface area contributed by atoms with Gasteiger partial charge in [0.1, 0.15) is 0 Å². The fourth-order valence-corrected chi connectivity index (χ4v) is 2.29. The van der Waals surface area contributed by atoms with Gasteiger partial charge in [-0.15, -0.1) is 0 Å². The third kappa shape index (κ3) is 2.40. The highest BCUT2D eigenvalue weighted by molar-refractivity contribution is 5.93. The number of aliphatic carboxylic acids is 1. The van der Waals surface area contributed by atoms with Gasteiger partial charge in [-0.2, -0.15) is 0 Å². The van der Waals surface area contributed by atoms with Crippen LogP contribution in [-0.4, -0.2) is 40.9 Å². The molecule has 6 nitrogen and oxygen atoms in total. The van der Waals surface area contributed by atoms with E-state index < -0.39 is 29.1 Å². The van der Waals surface area contributed by atoms with Crippen LogP contribution in [0, 0.1) is 17.3 Å². The Morgan fingerprint density at radius 3 is 2.12 bits per heavy atom. The molecule has 2 amide bonds. The number of hydrogen-bond donors (Lipinski definition) is 2. The highest BCUT2D eigenvalue weighted by Gasteiger charge is 2.66. The average molecular weight is 242 g/mol. The summed E-state index contributed by atoms with van der Waals surface area (Å²) in [6, 6.07) is 0. The normalized spacial score (nSPS) is 25.1. The van der Waals surface area contributed by atoms with Gasteiger partial charge in [0.05, 0.1) is 18.4 Å². The maximum Gasteiger partial charge on any atom is 0.307 e. The third-order valence-corrected chi connectivity index (χ3v) is 3.40. The van der Waals surface area contributed by atoms with Crippen molar-refractivity contribution >= 4 is 17.8 Å². The molecule has 0 radical (unpaired) electrons. The van der Waals surface area contributed by atoms with Crippen LogP contribution in [0.4, 0.5) is 0 Å². The van der Waals surface area contributed by atoms with Gasteiger partial charge in [-0.1, -0.05) is 13.8 Å². The molecule has 6 heteroatoms. The molecule has 0 aromatic carbocycles. The van der Waals surface area contributed by atoms with Crippen molar-refractivity contribution in [3.63, 3.8) is 0 Å². The molecular formula is C11H18N2O4. The number of nitrogens with zero attached hydrogens (tertiary/aromatic N) is 1. The molecule has 1 saturated carbocycles. The third-order valence-electron chi connectivity index (χ3n) is 3.40. The molecule has 1 fully saturated rings. The number of amides is 2. The molecule has 3 N–H and O–H groups in total. The quantitative estimate of drug-likeness (QED) is 0.689. The molecule has 0 aliphatic heterocycles. The predicted octanol–water partition coefficient (Wildman–Crippen LogP) is -0.323. The van der Waals surface area contributed by atoms with Gasteiger partial charge in [-0.25, -0.2) is 0 Å². The molecule has 0 bridgehead atoms. The number of carboxylic acid groups (broad SMARTS) is 1. The van der Waals surface area contributed by atoms with Gasteiger partial charge in [0.25, 0.3) is 0 Å². The van der Waals surface area contributed by atoms with E-state index >= 15 is 0 Å². The van der Waals surface area contributed by atoms with Gasteiger partial charge in [0, 0.05) is 6.54 Å². The molecule has 1 aliphatic rings. The van der Waals surface area contributed by atoms with E-state index in [1.165, 1.54) is 4.90 Å². The molecule has 0 spiro atoms. The van der Waals surface area contributed by atoms with E-state index in [0.29, 0.717) is 6.54 Å². The molecule has 0 aromatic heterocycles. The lowest BCUT2D eigenvalue weighted by Gasteiger charge is -2.19. The molecule has 2 unspecified atom stereocenters. The second-order valence-corrected chi connectivity index (χ2v) is 4.93. The van der Waals surface area contributed by atoms with Gasteiger partial charge in [0.15, 0.2) is 0 Å². The van der Waals surface area contributed by atoms with Crippen molar-refractivity contribution in [3.8, 4) is 0 Å². The first kappa shape index (κ1) is 13.5. The second-order valence-electron chi connectivity index (χ2n) is 4.93. The fourth-order valence-electron chi connectivity index (χ4n) is 2.29. The Labute approximate surface area is 99.8 Å². The van der Waals surface area contributed by atoms with E-state index in [1.807, 2.05) is 0 Å². The van der Waals surface area contributed by atoms with Crippen molar-refractivity contribution in [2.75, 3.05) is 13.1 Å². The summed E-state index contributed by atoms with van der Waals surface area (Å²) in [7, 11) is 0. The Hall–Kier alpha value is -1.59. The van der Waals surface area contributed by atoms with E-state index in [2.05, 4.69) is 0 Å².